The molecule has 0 aliphatic carbocycles. The molecule has 0 unspecified atom stereocenters. The Morgan fingerprint density at radius 3 is 1.12 bits per heavy atom. The van der Waals surface area contributed by atoms with Gasteiger partial charge in [0.05, 0.1) is 26.4 Å². The third kappa shape index (κ3) is 14.1. The molecule has 0 spiro atoms. The van der Waals surface area contributed by atoms with Gasteiger partial charge in [-0.1, -0.05) is 41.5 Å². The molecule has 0 heterocycles. The minimum absolute atomic E-state index is 0.261. The molecule has 0 radical (unpaired) electrons. The SMILES string of the molecule is CC(C)(C)C(=O)CCCOCCOCCOCCCC(=O)C(C)(C)C. The second-order valence-corrected chi connectivity index (χ2v) is 8.39. The first kappa shape index (κ1) is 24.2. The average molecular weight is 359 g/mol. The van der Waals surface area contributed by atoms with Crippen LogP contribution in [0.15, 0.2) is 0 Å². The molecule has 0 aromatic carbocycles. The van der Waals surface area contributed by atoms with E-state index in [1.165, 1.54) is 0 Å². The van der Waals surface area contributed by atoms with E-state index in [-0.39, 0.29) is 22.4 Å². The van der Waals surface area contributed by atoms with Gasteiger partial charge in [0.25, 0.3) is 0 Å². The Morgan fingerprint density at radius 2 is 0.840 bits per heavy atom. The van der Waals surface area contributed by atoms with Crippen molar-refractivity contribution in [1.29, 1.82) is 0 Å². The van der Waals surface area contributed by atoms with Gasteiger partial charge in [-0.25, -0.2) is 0 Å². The molecule has 0 aliphatic rings. The summed E-state index contributed by atoms with van der Waals surface area (Å²) in [6.45, 7) is 14.9. The lowest BCUT2D eigenvalue weighted by Gasteiger charge is -2.16. The lowest BCUT2D eigenvalue weighted by Crippen LogP contribution is -2.20. The minimum Gasteiger partial charge on any atom is -0.379 e. The molecule has 0 atom stereocenters. The van der Waals surface area contributed by atoms with Crippen LogP contribution in [0.4, 0.5) is 0 Å². The molecule has 0 bridgehead atoms. The predicted molar refractivity (Wildman–Crippen MR) is 99.8 cm³/mol. The molecule has 0 N–H and O–H groups in total. The molecule has 0 rings (SSSR count). The van der Waals surface area contributed by atoms with Crippen molar-refractivity contribution in [2.75, 3.05) is 39.6 Å². The Balaban J connectivity index is 3.30. The number of ketones is 2. The molecule has 5 heteroatoms. The fourth-order valence-corrected chi connectivity index (χ4v) is 1.96. The van der Waals surface area contributed by atoms with Crippen molar-refractivity contribution in [1.82, 2.24) is 0 Å². The average Bonchev–Trinajstić information content (AvgIpc) is 2.49. The van der Waals surface area contributed by atoms with Crippen molar-refractivity contribution >= 4 is 11.6 Å². The highest BCUT2D eigenvalue weighted by Gasteiger charge is 2.20. The zero-order valence-corrected chi connectivity index (χ0v) is 17.1. The molecule has 0 aromatic heterocycles. The largest absolute Gasteiger partial charge is 0.379 e. The number of carbonyl (C=O) groups is 2. The topological polar surface area (TPSA) is 61.8 Å². The number of hydrogen-bond donors (Lipinski definition) is 0. The van der Waals surface area contributed by atoms with Gasteiger partial charge in [-0.15, -0.1) is 0 Å². The Morgan fingerprint density at radius 1 is 0.560 bits per heavy atom. The number of carbonyl (C=O) groups excluding carboxylic acids is 2. The summed E-state index contributed by atoms with van der Waals surface area (Å²) in [6.07, 6.45) is 2.64. The number of Topliss-reactive ketones (excluding diaryl/α,β-unsaturated/α-hetero) is 2. The van der Waals surface area contributed by atoms with Gasteiger partial charge in [-0.2, -0.15) is 0 Å². The van der Waals surface area contributed by atoms with Crippen LogP contribution in [0.3, 0.4) is 0 Å². The summed E-state index contributed by atoms with van der Waals surface area (Å²) >= 11 is 0. The summed E-state index contributed by atoms with van der Waals surface area (Å²) in [7, 11) is 0. The van der Waals surface area contributed by atoms with Gasteiger partial charge < -0.3 is 14.2 Å². The van der Waals surface area contributed by atoms with Crippen molar-refractivity contribution in [3.8, 4) is 0 Å². The standard InChI is InChI=1S/C20H38O5/c1-19(2,3)17(21)9-7-11-23-13-15-25-16-14-24-12-8-10-18(22)20(4,5)6/h7-16H2,1-6H3. The van der Waals surface area contributed by atoms with Crippen molar-refractivity contribution in [3.05, 3.63) is 0 Å². The number of hydrogen-bond acceptors (Lipinski definition) is 5. The Labute approximate surface area is 153 Å². The summed E-state index contributed by atoms with van der Waals surface area (Å²) in [4.78, 5) is 23.4. The van der Waals surface area contributed by atoms with E-state index in [1.807, 2.05) is 41.5 Å². The monoisotopic (exact) mass is 358 g/mol. The maximum Gasteiger partial charge on any atom is 0.138 e. The van der Waals surface area contributed by atoms with E-state index in [2.05, 4.69) is 0 Å². The van der Waals surface area contributed by atoms with Gasteiger partial charge in [0, 0.05) is 36.9 Å². The third-order valence-electron chi connectivity index (χ3n) is 3.80. The molecule has 25 heavy (non-hydrogen) atoms. The van der Waals surface area contributed by atoms with Gasteiger partial charge >= 0.3 is 0 Å². The van der Waals surface area contributed by atoms with Crippen LogP contribution in [0.5, 0.6) is 0 Å². The maximum absolute atomic E-state index is 11.7. The zero-order chi connectivity index (χ0) is 19.3. The highest BCUT2D eigenvalue weighted by atomic mass is 16.5. The van der Waals surface area contributed by atoms with E-state index in [4.69, 9.17) is 14.2 Å². The highest BCUT2D eigenvalue weighted by molar-refractivity contribution is 5.83. The molecule has 5 nitrogen and oxygen atoms in total. The van der Waals surface area contributed by atoms with Crippen LogP contribution >= 0.6 is 0 Å². The Bertz CT molecular complexity index is 341. The van der Waals surface area contributed by atoms with Gasteiger partial charge in [0.1, 0.15) is 11.6 Å². The zero-order valence-electron chi connectivity index (χ0n) is 17.1. The molecule has 0 aromatic rings. The van der Waals surface area contributed by atoms with E-state index >= 15 is 0 Å². The highest BCUT2D eigenvalue weighted by Crippen LogP contribution is 2.18. The lowest BCUT2D eigenvalue weighted by molar-refractivity contribution is -0.127. The van der Waals surface area contributed by atoms with Crippen molar-refractivity contribution in [2.45, 2.75) is 67.2 Å². The van der Waals surface area contributed by atoms with E-state index in [0.717, 1.165) is 12.8 Å². The summed E-state index contributed by atoms with van der Waals surface area (Å²) in [5, 5.41) is 0. The fraction of sp³-hybridized carbons (Fsp3) is 0.900. The van der Waals surface area contributed by atoms with Gasteiger partial charge in [-0.05, 0) is 12.8 Å². The Kier molecular flexibility index (Phi) is 12.2. The fourth-order valence-electron chi connectivity index (χ4n) is 1.96. The van der Waals surface area contributed by atoms with E-state index < -0.39 is 0 Å². The van der Waals surface area contributed by atoms with Crippen LogP contribution in [0, 0.1) is 10.8 Å². The van der Waals surface area contributed by atoms with E-state index in [1.54, 1.807) is 0 Å². The normalized spacial score (nSPS) is 12.4. The second kappa shape index (κ2) is 12.6. The van der Waals surface area contributed by atoms with Gasteiger partial charge in [-0.3, -0.25) is 9.59 Å². The first-order valence-electron chi connectivity index (χ1n) is 9.35. The van der Waals surface area contributed by atoms with Crippen LogP contribution < -0.4 is 0 Å². The molecule has 0 saturated carbocycles. The van der Waals surface area contributed by atoms with Gasteiger partial charge in [0.15, 0.2) is 0 Å². The smallest absolute Gasteiger partial charge is 0.138 e. The van der Waals surface area contributed by atoms with Gasteiger partial charge in [0.2, 0.25) is 0 Å². The molecular weight excluding hydrogens is 320 g/mol. The maximum atomic E-state index is 11.7. The van der Waals surface area contributed by atoms with Crippen LogP contribution in [-0.2, 0) is 23.8 Å². The molecule has 0 aliphatic heterocycles. The number of ether oxygens (including phenoxy) is 3. The van der Waals surface area contributed by atoms with Crippen LogP contribution in [-0.4, -0.2) is 51.2 Å². The molecular formula is C20H38O5. The van der Waals surface area contributed by atoms with Crippen LogP contribution in [0.1, 0.15) is 67.2 Å². The van der Waals surface area contributed by atoms with E-state index in [9.17, 15) is 9.59 Å². The second-order valence-electron chi connectivity index (χ2n) is 8.39. The molecule has 0 fully saturated rings. The molecule has 0 amide bonds. The predicted octanol–water partition coefficient (Wildman–Crippen LogP) is 3.83. The Hall–Kier alpha value is -0.780. The number of rotatable bonds is 14. The minimum atomic E-state index is -0.261. The summed E-state index contributed by atoms with van der Waals surface area (Å²) in [6, 6.07) is 0. The van der Waals surface area contributed by atoms with Crippen molar-refractivity contribution in [2.24, 2.45) is 10.8 Å². The van der Waals surface area contributed by atoms with Crippen molar-refractivity contribution in [3.63, 3.8) is 0 Å². The summed E-state index contributed by atoms with van der Waals surface area (Å²) in [5.41, 5.74) is -0.522. The first-order chi connectivity index (χ1) is 11.5. The summed E-state index contributed by atoms with van der Waals surface area (Å²) in [5.74, 6) is 0.544. The molecule has 0 saturated heterocycles. The quantitative estimate of drug-likeness (QED) is 0.442. The lowest BCUT2D eigenvalue weighted by atomic mass is 9.88. The molecule has 148 valence electrons. The van der Waals surface area contributed by atoms with Crippen molar-refractivity contribution < 1.29 is 23.8 Å². The third-order valence-corrected chi connectivity index (χ3v) is 3.80. The first-order valence-corrected chi connectivity index (χ1v) is 9.35. The van der Waals surface area contributed by atoms with E-state index in [0.29, 0.717) is 52.5 Å². The summed E-state index contributed by atoms with van der Waals surface area (Å²) < 4.78 is 16.3. The van der Waals surface area contributed by atoms with Crippen LogP contribution in [0.25, 0.3) is 0 Å². The van der Waals surface area contributed by atoms with Crippen LogP contribution in [0.2, 0.25) is 0 Å².